The van der Waals surface area contributed by atoms with Crippen LogP contribution in [0.5, 0.6) is 0 Å². The molecule has 14 heteroatoms. The third-order valence-corrected chi connectivity index (χ3v) is 7.70. The van der Waals surface area contributed by atoms with Crippen molar-refractivity contribution >= 4 is 46.1 Å². The second-order valence-electron chi connectivity index (χ2n) is 11.6. The quantitative estimate of drug-likeness (QED) is 0.107. The van der Waals surface area contributed by atoms with E-state index in [2.05, 4.69) is 26.1 Å². The van der Waals surface area contributed by atoms with E-state index in [0.717, 1.165) is 22.5 Å². The van der Waals surface area contributed by atoms with Gasteiger partial charge in [0.15, 0.2) is 16.9 Å². The molecule has 3 amide bonds. The van der Waals surface area contributed by atoms with Crippen molar-refractivity contribution in [1.82, 2.24) is 15.6 Å². The van der Waals surface area contributed by atoms with Crippen molar-refractivity contribution in [1.29, 1.82) is 0 Å². The summed E-state index contributed by atoms with van der Waals surface area (Å²) in [5.41, 5.74) is 4.82. The lowest BCUT2D eigenvalue weighted by molar-refractivity contribution is -0.164. The first-order valence-electron chi connectivity index (χ1n) is 14.3. The van der Waals surface area contributed by atoms with E-state index < -0.39 is 53.3 Å². The van der Waals surface area contributed by atoms with E-state index in [9.17, 15) is 19.2 Å². The molecule has 2 aromatic carbocycles. The molecule has 2 atom stereocenters. The molecule has 1 aliphatic carbocycles. The third-order valence-electron chi connectivity index (χ3n) is 6.94. The number of ether oxygens (including phenoxy) is 2. The van der Waals surface area contributed by atoms with Crippen molar-refractivity contribution in [3.63, 3.8) is 0 Å². The molecule has 2 aliphatic rings. The molecular weight excluding hydrogens is 600 g/mol. The summed E-state index contributed by atoms with van der Waals surface area (Å²) in [4.78, 5) is 61.4. The highest BCUT2D eigenvalue weighted by Crippen LogP contribution is 2.43. The highest BCUT2D eigenvalue weighted by atomic mass is 32.1. The Bertz CT molecular complexity index is 1540. The predicted octanol–water partition coefficient (Wildman–Crippen LogP) is 3.02. The molecule has 2 heterocycles. The lowest BCUT2D eigenvalue weighted by Gasteiger charge is -2.36. The number of nitrogens with one attached hydrogen (secondary N) is 3. The number of rotatable bonds is 11. The Morgan fingerprint density at radius 2 is 1.71 bits per heavy atom. The van der Waals surface area contributed by atoms with E-state index in [-0.39, 0.29) is 23.1 Å². The van der Waals surface area contributed by atoms with Crippen LogP contribution in [0, 0.1) is 0 Å². The van der Waals surface area contributed by atoms with Crippen LogP contribution in [-0.4, -0.2) is 64.4 Å². The van der Waals surface area contributed by atoms with Gasteiger partial charge in [-0.2, -0.15) is 0 Å². The summed E-state index contributed by atoms with van der Waals surface area (Å²) in [7, 11) is 0. The molecule has 1 aromatic heterocycles. The second kappa shape index (κ2) is 13.0. The van der Waals surface area contributed by atoms with Crippen molar-refractivity contribution in [2.45, 2.75) is 63.0 Å². The molecule has 1 saturated carbocycles. The van der Waals surface area contributed by atoms with Gasteiger partial charge in [-0.3, -0.25) is 14.9 Å². The zero-order chi connectivity index (χ0) is 32.2. The Morgan fingerprint density at radius 1 is 1.09 bits per heavy atom. The number of amides is 3. The maximum Gasteiger partial charge on any atom is 0.413 e. The number of aromatic nitrogens is 1. The molecule has 3 aromatic rings. The summed E-state index contributed by atoms with van der Waals surface area (Å²) < 4.78 is 11.3. The predicted molar refractivity (Wildman–Crippen MR) is 165 cm³/mol. The van der Waals surface area contributed by atoms with Gasteiger partial charge in [-0.05, 0) is 31.9 Å². The summed E-state index contributed by atoms with van der Waals surface area (Å²) in [5.74, 6) is -1.83. The van der Waals surface area contributed by atoms with E-state index >= 15 is 0 Å². The van der Waals surface area contributed by atoms with E-state index in [1.807, 2.05) is 60.7 Å². The first-order chi connectivity index (χ1) is 21.5. The van der Waals surface area contributed by atoms with Crippen molar-refractivity contribution in [2.24, 2.45) is 10.9 Å². The van der Waals surface area contributed by atoms with Gasteiger partial charge < -0.3 is 30.7 Å². The van der Waals surface area contributed by atoms with Gasteiger partial charge >= 0.3 is 12.1 Å². The first-order valence-corrected chi connectivity index (χ1v) is 15.2. The van der Waals surface area contributed by atoms with Gasteiger partial charge in [-0.15, -0.1) is 11.3 Å². The number of benzene rings is 2. The number of carbonyl (C=O) groups is 4. The van der Waals surface area contributed by atoms with Gasteiger partial charge in [0.05, 0.1) is 6.04 Å². The molecule has 2 fully saturated rings. The van der Waals surface area contributed by atoms with Crippen LogP contribution in [0.15, 0.2) is 71.2 Å². The molecule has 5 N–H and O–H groups in total. The number of hydrogen-bond donors (Lipinski definition) is 4. The number of anilines is 1. The summed E-state index contributed by atoms with van der Waals surface area (Å²) in [6.07, 6.45) is -0.809. The highest BCUT2D eigenvalue weighted by molar-refractivity contribution is 7.14. The monoisotopic (exact) mass is 634 g/mol. The molecule has 13 nitrogen and oxygen atoms in total. The normalized spacial score (nSPS) is 18.7. The number of thiazole rings is 1. The number of nitrogens with zero attached hydrogens (tertiary/aromatic N) is 2. The fourth-order valence-corrected chi connectivity index (χ4v) is 5.11. The van der Waals surface area contributed by atoms with E-state index in [1.54, 1.807) is 20.8 Å². The number of hydrogen-bond acceptors (Lipinski definition) is 11. The van der Waals surface area contributed by atoms with Gasteiger partial charge in [0.1, 0.15) is 17.3 Å². The average molecular weight is 635 g/mol. The van der Waals surface area contributed by atoms with Gasteiger partial charge in [-0.1, -0.05) is 65.8 Å². The van der Waals surface area contributed by atoms with Crippen molar-refractivity contribution in [3.8, 4) is 0 Å². The van der Waals surface area contributed by atoms with Gasteiger partial charge in [0.2, 0.25) is 11.5 Å². The van der Waals surface area contributed by atoms with Crippen LogP contribution in [0.4, 0.5) is 9.93 Å². The maximum atomic E-state index is 13.5. The van der Waals surface area contributed by atoms with Crippen LogP contribution >= 0.6 is 11.3 Å². The Morgan fingerprint density at radius 3 is 2.24 bits per heavy atom. The molecule has 1 saturated heterocycles. The minimum Gasteiger partial charge on any atom is -0.450 e. The molecular formula is C31H34N6O7S. The lowest BCUT2D eigenvalue weighted by atomic mass is 9.99. The molecule has 1 aliphatic heterocycles. The summed E-state index contributed by atoms with van der Waals surface area (Å²) in [5, 5.41) is 13.4. The zero-order valence-corrected chi connectivity index (χ0v) is 25.8. The zero-order valence-electron chi connectivity index (χ0n) is 24.9. The fraction of sp³-hybridized carbons (Fsp3) is 0.355. The molecule has 0 radical (unpaired) electrons. The minimum atomic E-state index is -1.42. The number of nitrogens with two attached hydrogens (primary N) is 1. The van der Waals surface area contributed by atoms with Gasteiger partial charge in [0, 0.05) is 24.8 Å². The van der Waals surface area contributed by atoms with Crippen molar-refractivity contribution < 1.29 is 33.5 Å². The second-order valence-corrected chi connectivity index (χ2v) is 12.5. The molecule has 0 unspecified atom stereocenters. The topological polar surface area (TPSA) is 183 Å². The van der Waals surface area contributed by atoms with E-state index in [4.69, 9.17) is 20.0 Å². The number of oxime groups is 1. The highest BCUT2D eigenvalue weighted by Gasteiger charge is 2.56. The van der Waals surface area contributed by atoms with Gasteiger partial charge in [0.25, 0.3) is 5.91 Å². The van der Waals surface area contributed by atoms with Gasteiger partial charge in [-0.25, -0.2) is 14.6 Å². The average Bonchev–Trinajstić information content (AvgIpc) is 3.67. The first kappa shape index (κ1) is 31.6. The molecule has 45 heavy (non-hydrogen) atoms. The smallest absolute Gasteiger partial charge is 0.413 e. The molecule has 0 spiro atoms. The fourth-order valence-electron chi connectivity index (χ4n) is 4.43. The Labute approximate surface area is 263 Å². The van der Waals surface area contributed by atoms with E-state index in [0.29, 0.717) is 12.8 Å². The third kappa shape index (κ3) is 7.64. The van der Waals surface area contributed by atoms with Crippen LogP contribution in [0.25, 0.3) is 0 Å². The summed E-state index contributed by atoms with van der Waals surface area (Å²) >= 11 is 1.02. The van der Waals surface area contributed by atoms with Crippen LogP contribution < -0.4 is 21.7 Å². The summed E-state index contributed by atoms with van der Waals surface area (Å²) in [6, 6.07) is 17.3. The van der Waals surface area contributed by atoms with Crippen LogP contribution in [0.2, 0.25) is 0 Å². The van der Waals surface area contributed by atoms with E-state index in [1.165, 1.54) is 5.38 Å². The van der Waals surface area contributed by atoms with Crippen molar-refractivity contribution in [2.75, 3.05) is 11.9 Å². The van der Waals surface area contributed by atoms with Crippen LogP contribution in [0.1, 0.15) is 56.5 Å². The maximum absolute atomic E-state index is 13.5. The van der Waals surface area contributed by atoms with Crippen LogP contribution in [-0.2, 0) is 28.7 Å². The molecule has 236 valence electrons. The standard InChI is InChI=1S/C31H34N6O7S/c1-30(2,3)43-29(41)36-28-34-21(17-45-28)23(26(39)35-22-20(16-32)33-25(22)38)37-44-31(14-15-31)27(40)42-24(18-10-6-4-7-11-18)19-12-8-5-9-13-19/h4-13,17,20,22,24H,14-16,32H2,1-3H3,(H,33,38)(H,35,39)(H,34,36,41)/b37-23-/t20-,22+/m1/s1. The molecule has 0 bridgehead atoms. The Kier molecular flexibility index (Phi) is 9.16. The SMILES string of the molecule is CC(C)(C)OC(=O)Nc1nc(/C(=N/OC2(C(=O)OC(c3ccccc3)c3ccccc3)CC2)C(=O)N[C@@H]2C(=O)N[C@@H]2CN)cs1. The number of β-lactam (4-membered cyclic amide) rings is 1. The number of carbonyl (C=O) groups excluding carboxylic acids is 4. The lowest BCUT2D eigenvalue weighted by Crippen LogP contribution is -2.71. The Hall–Kier alpha value is -4.82. The summed E-state index contributed by atoms with van der Waals surface area (Å²) in [6.45, 7) is 5.27. The van der Waals surface area contributed by atoms with Crippen LogP contribution in [0.3, 0.4) is 0 Å². The molecule has 5 rings (SSSR count). The minimum absolute atomic E-state index is 0.0446. The number of esters is 1. The Balaban J connectivity index is 1.37. The largest absolute Gasteiger partial charge is 0.450 e. The van der Waals surface area contributed by atoms with Crippen molar-refractivity contribution in [3.05, 3.63) is 82.9 Å².